The van der Waals surface area contributed by atoms with E-state index >= 15 is 0 Å². The second kappa shape index (κ2) is 10.3. The molecule has 0 spiro atoms. The van der Waals surface area contributed by atoms with Crippen LogP contribution in [0, 0.1) is 0 Å². The van der Waals surface area contributed by atoms with Crippen LogP contribution in [0.2, 0.25) is 0 Å². The van der Waals surface area contributed by atoms with Crippen LogP contribution in [0.4, 0.5) is 0 Å². The summed E-state index contributed by atoms with van der Waals surface area (Å²) in [4.78, 5) is 0. The highest BCUT2D eigenvalue weighted by molar-refractivity contribution is 7.80. The second-order valence-electron chi connectivity index (χ2n) is 6.27. The summed E-state index contributed by atoms with van der Waals surface area (Å²) >= 11 is 0. The molecular formula is C21H26NO8S+. The lowest BCUT2D eigenvalue weighted by Gasteiger charge is -2.11. The predicted molar refractivity (Wildman–Crippen MR) is 115 cm³/mol. The normalized spacial score (nSPS) is 10.8. The zero-order chi connectivity index (χ0) is 23.2. The molecule has 10 heteroatoms. The van der Waals surface area contributed by atoms with Gasteiger partial charge >= 0.3 is 10.4 Å². The lowest BCUT2D eigenvalue weighted by Crippen LogP contribution is -2.30. The van der Waals surface area contributed by atoms with Gasteiger partial charge in [0.25, 0.3) is 0 Å². The average molecular weight is 453 g/mol. The maximum absolute atomic E-state index is 9.33. The van der Waals surface area contributed by atoms with Crippen LogP contribution in [0.5, 0.6) is 23.0 Å². The highest BCUT2D eigenvalue weighted by Gasteiger charge is 2.16. The molecule has 0 aliphatic carbocycles. The summed E-state index contributed by atoms with van der Waals surface area (Å²) < 4.78 is 53.3. The van der Waals surface area contributed by atoms with Gasteiger partial charge in [-0.15, -0.1) is 0 Å². The minimum Gasteiger partial charge on any atom is -0.493 e. The third-order valence-corrected chi connectivity index (χ3v) is 4.91. The molecule has 9 nitrogen and oxygen atoms in total. The van der Waals surface area contributed by atoms with E-state index in [1.54, 1.807) is 28.4 Å². The molecule has 0 atom stereocenters. The molecule has 0 fully saturated rings. The summed E-state index contributed by atoms with van der Waals surface area (Å²) in [5.41, 5.74) is 2.09. The van der Waals surface area contributed by atoms with Gasteiger partial charge in [0.15, 0.2) is 29.2 Å². The van der Waals surface area contributed by atoms with Crippen molar-refractivity contribution in [2.45, 2.75) is 0 Å². The van der Waals surface area contributed by atoms with Crippen LogP contribution in [0.1, 0.15) is 0 Å². The van der Waals surface area contributed by atoms with Crippen molar-refractivity contribution in [3.05, 3.63) is 42.6 Å². The summed E-state index contributed by atoms with van der Waals surface area (Å²) in [5, 5.41) is 2.14. The summed E-state index contributed by atoms with van der Waals surface area (Å²) in [7, 11) is 5.28. The van der Waals surface area contributed by atoms with Crippen molar-refractivity contribution >= 4 is 21.2 Å². The Bertz CT molecular complexity index is 1160. The Labute approximate surface area is 181 Å². The van der Waals surface area contributed by atoms with Crippen molar-refractivity contribution in [3.8, 4) is 34.3 Å². The molecule has 168 valence electrons. The molecule has 0 amide bonds. The third-order valence-electron chi connectivity index (χ3n) is 4.48. The number of fused-ring (bicyclic) bond motifs is 1. The SMILES string of the molecule is COS(=O)(=O)O.COc1ccc(-c2cc3cc(OC)c(OC)cc3c[n+]2C)cc1OC. The monoisotopic (exact) mass is 452 g/mol. The molecule has 0 aliphatic heterocycles. The smallest absolute Gasteiger partial charge is 0.397 e. The first kappa shape index (κ1) is 24.2. The molecule has 1 heterocycles. The van der Waals surface area contributed by atoms with E-state index in [0.29, 0.717) is 23.0 Å². The minimum absolute atomic E-state index is 0.701. The number of aryl methyl sites for hydroxylation is 1. The van der Waals surface area contributed by atoms with Gasteiger partial charge < -0.3 is 18.9 Å². The van der Waals surface area contributed by atoms with E-state index in [-0.39, 0.29) is 0 Å². The summed E-state index contributed by atoms with van der Waals surface area (Å²) in [6.07, 6.45) is 2.07. The first-order valence-corrected chi connectivity index (χ1v) is 10.3. The molecular weight excluding hydrogens is 426 g/mol. The number of hydrogen-bond acceptors (Lipinski definition) is 7. The van der Waals surface area contributed by atoms with Crippen LogP contribution in [0.25, 0.3) is 22.0 Å². The van der Waals surface area contributed by atoms with E-state index in [1.807, 2.05) is 37.4 Å². The molecule has 0 radical (unpaired) electrons. The van der Waals surface area contributed by atoms with Crippen molar-refractivity contribution in [2.24, 2.45) is 7.05 Å². The van der Waals surface area contributed by atoms with Crippen LogP contribution >= 0.6 is 0 Å². The molecule has 0 bridgehead atoms. The van der Waals surface area contributed by atoms with E-state index in [9.17, 15) is 8.42 Å². The summed E-state index contributed by atoms with van der Waals surface area (Å²) in [6, 6.07) is 12.0. The van der Waals surface area contributed by atoms with Crippen molar-refractivity contribution in [2.75, 3.05) is 35.5 Å². The Hall–Kier alpha value is -3.08. The highest BCUT2D eigenvalue weighted by atomic mass is 32.3. The zero-order valence-corrected chi connectivity index (χ0v) is 19.0. The fourth-order valence-electron chi connectivity index (χ4n) is 2.96. The van der Waals surface area contributed by atoms with Gasteiger partial charge in [-0.05, 0) is 35.7 Å². The Balaban J connectivity index is 0.000000501. The number of methoxy groups -OCH3 is 4. The molecule has 0 unspecified atom stereocenters. The van der Waals surface area contributed by atoms with E-state index in [0.717, 1.165) is 29.1 Å². The lowest BCUT2D eigenvalue weighted by atomic mass is 10.1. The van der Waals surface area contributed by atoms with Crippen molar-refractivity contribution in [1.29, 1.82) is 0 Å². The van der Waals surface area contributed by atoms with Gasteiger partial charge in [-0.25, -0.2) is 4.57 Å². The van der Waals surface area contributed by atoms with Crippen LogP contribution in [0.3, 0.4) is 0 Å². The Morgan fingerprint density at radius 1 is 0.742 bits per heavy atom. The van der Waals surface area contributed by atoms with Gasteiger partial charge in [0.2, 0.25) is 5.69 Å². The molecule has 0 saturated heterocycles. The zero-order valence-electron chi connectivity index (χ0n) is 18.2. The largest absolute Gasteiger partial charge is 0.493 e. The van der Waals surface area contributed by atoms with Crippen LogP contribution in [-0.2, 0) is 21.6 Å². The van der Waals surface area contributed by atoms with Crippen molar-refractivity contribution in [1.82, 2.24) is 0 Å². The van der Waals surface area contributed by atoms with E-state index in [1.165, 1.54) is 0 Å². The van der Waals surface area contributed by atoms with Gasteiger partial charge in [0, 0.05) is 11.5 Å². The fourth-order valence-corrected chi connectivity index (χ4v) is 2.96. The third kappa shape index (κ3) is 5.97. The number of benzene rings is 2. The molecule has 3 aromatic rings. The topological polar surface area (TPSA) is 104 Å². The second-order valence-corrected chi connectivity index (χ2v) is 7.46. The highest BCUT2D eigenvalue weighted by Crippen LogP contribution is 2.35. The van der Waals surface area contributed by atoms with Gasteiger partial charge in [-0.3, -0.25) is 8.74 Å². The number of ether oxygens (including phenoxy) is 4. The van der Waals surface area contributed by atoms with Gasteiger partial charge in [0.05, 0.1) is 41.1 Å². The maximum Gasteiger partial charge on any atom is 0.397 e. The number of hydrogen-bond donors (Lipinski definition) is 1. The molecule has 31 heavy (non-hydrogen) atoms. The van der Waals surface area contributed by atoms with Crippen molar-refractivity contribution in [3.63, 3.8) is 0 Å². The van der Waals surface area contributed by atoms with Crippen LogP contribution < -0.4 is 23.5 Å². The first-order valence-electron chi connectivity index (χ1n) is 8.98. The standard InChI is InChI=1S/C20H22NO4.CH4O4S/c1-21-12-15-11-20(25-5)19(24-4)10-14(15)8-16(21)13-6-7-17(22-2)18(9-13)23-3;1-5-6(2,3)4/h6-12H,1-5H3;1H3,(H,2,3,4)/q+1;. The number of aromatic nitrogens is 1. The fraction of sp³-hybridized carbons (Fsp3) is 0.286. The van der Waals surface area contributed by atoms with E-state index in [4.69, 9.17) is 23.5 Å². The van der Waals surface area contributed by atoms with Crippen molar-refractivity contribution < 1.29 is 40.7 Å². The van der Waals surface area contributed by atoms with Crippen LogP contribution in [-0.4, -0.2) is 48.5 Å². The minimum atomic E-state index is -4.16. The first-order chi connectivity index (χ1) is 14.7. The van der Waals surface area contributed by atoms with Crippen LogP contribution in [0.15, 0.2) is 42.6 Å². The van der Waals surface area contributed by atoms with E-state index in [2.05, 4.69) is 21.0 Å². The van der Waals surface area contributed by atoms with Gasteiger partial charge in [0.1, 0.15) is 7.05 Å². The molecule has 3 rings (SSSR count). The van der Waals surface area contributed by atoms with E-state index < -0.39 is 10.4 Å². The van der Waals surface area contributed by atoms with Gasteiger partial charge in [-0.2, -0.15) is 8.42 Å². The predicted octanol–water partition coefficient (Wildman–Crippen LogP) is 2.80. The summed E-state index contributed by atoms with van der Waals surface area (Å²) in [5.74, 6) is 2.84. The lowest BCUT2D eigenvalue weighted by molar-refractivity contribution is -0.659. The molecule has 0 aliphatic rings. The Morgan fingerprint density at radius 2 is 1.23 bits per heavy atom. The number of pyridine rings is 1. The number of nitrogens with zero attached hydrogens (tertiary/aromatic N) is 1. The van der Waals surface area contributed by atoms with Gasteiger partial charge in [-0.1, -0.05) is 0 Å². The number of rotatable bonds is 6. The average Bonchev–Trinajstić information content (AvgIpc) is 2.77. The Kier molecular flexibility index (Phi) is 8.03. The maximum atomic E-state index is 9.33. The summed E-state index contributed by atoms with van der Waals surface area (Å²) in [6.45, 7) is 0. The molecule has 1 N–H and O–H groups in total. The molecule has 2 aromatic carbocycles. The molecule has 0 saturated carbocycles. The molecule has 1 aromatic heterocycles. The Morgan fingerprint density at radius 3 is 1.71 bits per heavy atom. The quantitative estimate of drug-likeness (QED) is 0.450.